The molecule has 2 rings (SSSR count). The van der Waals surface area contributed by atoms with Crippen LogP contribution < -0.4 is 5.32 Å². The smallest absolute Gasteiger partial charge is 0.387 e. The summed E-state index contributed by atoms with van der Waals surface area (Å²) in [6.45, 7) is -0.101. The van der Waals surface area contributed by atoms with Crippen molar-refractivity contribution in [2.75, 3.05) is 6.54 Å². The highest BCUT2D eigenvalue weighted by Crippen LogP contribution is 2.49. The summed E-state index contributed by atoms with van der Waals surface area (Å²) in [5.74, 6) is 0. The first-order valence-electron chi connectivity index (χ1n) is 5.59. The van der Waals surface area contributed by atoms with Crippen molar-refractivity contribution in [3.63, 3.8) is 0 Å². The summed E-state index contributed by atoms with van der Waals surface area (Å²) >= 11 is 3.25. The lowest BCUT2D eigenvalue weighted by Crippen LogP contribution is -2.46. The molecule has 0 amide bonds. The lowest BCUT2D eigenvalue weighted by atomic mass is 10.1. The molecule has 100 valence electrons. The number of hydrogen-bond donors (Lipinski definition) is 2. The summed E-state index contributed by atoms with van der Waals surface area (Å²) in [7, 11) is 0. The van der Waals surface area contributed by atoms with Crippen LogP contribution in [0.1, 0.15) is 24.5 Å². The van der Waals surface area contributed by atoms with Crippen LogP contribution in [0.2, 0.25) is 0 Å². The lowest BCUT2D eigenvalue weighted by Gasteiger charge is -2.22. The van der Waals surface area contributed by atoms with E-state index < -0.39 is 17.8 Å². The minimum absolute atomic E-state index is 0.0850. The van der Waals surface area contributed by atoms with E-state index in [9.17, 15) is 18.3 Å². The maximum absolute atomic E-state index is 12.7. The number of aliphatic hydroxyl groups is 1. The predicted molar refractivity (Wildman–Crippen MR) is 65.1 cm³/mol. The molecule has 1 saturated carbocycles. The normalized spacial score (nSPS) is 19.6. The summed E-state index contributed by atoms with van der Waals surface area (Å²) in [4.78, 5) is 0. The summed E-state index contributed by atoms with van der Waals surface area (Å²) in [5.41, 5.74) is -1.19. The van der Waals surface area contributed by atoms with E-state index in [2.05, 4.69) is 21.2 Å². The van der Waals surface area contributed by atoms with E-state index in [1.54, 1.807) is 24.3 Å². The zero-order valence-electron chi connectivity index (χ0n) is 9.47. The van der Waals surface area contributed by atoms with Crippen LogP contribution in [-0.4, -0.2) is 23.4 Å². The topological polar surface area (TPSA) is 32.3 Å². The fraction of sp³-hybridized carbons (Fsp3) is 0.500. The first kappa shape index (κ1) is 13.8. The van der Waals surface area contributed by atoms with Gasteiger partial charge < -0.3 is 10.4 Å². The van der Waals surface area contributed by atoms with E-state index in [-0.39, 0.29) is 19.4 Å². The fourth-order valence-electron chi connectivity index (χ4n) is 1.81. The fourth-order valence-corrected chi connectivity index (χ4v) is 2.23. The zero-order chi connectivity index (χ0) is 13.4. The first-order valence-corrected chi connectivity index (χ1v) is 6.39. The van der Waals surface area contributed by atoms with Crippen LogP contribution in [0.15, 0.2) is 28.7 Å². The summed E-state index contributed by atoms with van der Waals surface area (Å²) in [6.07, 6.45) is -5.02. The molecule has 0 heterocycles. The Bertz CT molecular complexity index is 432. The van der Waals surface area contributed by atoms with E-state index in [0.29, 0.717) is 5.56 Å². The molecule has 2 N–H and O–H groups in total. The molecule has 6 heteroatoms. The maximum atomic E-state index is 12.7. The van der Waals surface area contributed by atoms with Crippen LogP contribution in [-0.2, 0) is 0 Å². The Morgan fingerprint density at radius 2 is 2.06 bits per heavy atom. The Morgan fingerprint density at radius 3 is 2.56 bits per heavy atom. The van der Waals surface area contributed by atoms with Gasteiger partial charge in [-0.1, -0.05) is 28.1 Å². The van der Waals surface area contributed by atoms with Gasteiger partial charge in [0, 0.05) is 11.0 Å². The van der Waals surface area contributed by atoms with Gasteiger partial charge in [-0.25, -0.2) is 0 Å². The van der Waals surface area contributed by atoms with Gasteiger partial charge in [-0.05, 0) is 30.5 Å². The number of hydrogen-bond acceptors (Lipinski definition) is 2. The van der Waals surface area contributed by atoms with Gasteiger partial charge in [-0.15, -0.1) is 0 Å². The SMILES string of the molecule is OC(CNC1(C(F)(F)F)CC1)c1cccc(Br)c1. The predicted octanol–water partition coefficient (Wildman–Crippen LogP) is 3.17. The molecule has 0 aromatic heterocycles. The Kier molecular flexibility index (Phi) is 3.71. The second-order valence-corrected chi connectivity index (χ2v) is 5.45. The van der Waals surface area contributed by atoms with Crippen molar-refractivity contribution in [3.8, 4) is 0 Å². The molecule has 1 aliphatic carbocycles. The van der Waals surface area contributed by atoms with Gasteiger partial charge in [0.05, 0.1) is 6.10 Å². The van der Waals surface area contributed by atoms with E-state index >= 15 is 0 Å². The molecule has 2 nitrogen and oxygen atoms in total. The third-order valence-corrected chi connectivity index (χ3v) is 3.65. The summed E-state index contributed by atoms with van der Waals surface area (Å²) < 4.78 is 38.8. The molecule has 18 heavy (non-hydrogen) atoms. The van der Waals surface area contributed by atoms with Crippen molar-refractivity contribution < 1.29 is 18.3 Å². The van der Waals surface area contributed by atoms with E-state index in [1.165, 1.54) is 0 Å². The van der Waals surface area contributed by atoms with Crippen LogP contribution in [0.25, 0.3) is 0 Å². The van der Waals surface area contributed by atoms with Crippen LogP contribution in [0.4, 0.5) is 13.2 Å². The van der Waals surface area contributed by atoms with E-state index in [4.69, 9.17) is 0 Å². The Balaban J connectivity index is 1.95. The highest BCUT2D eigenvalue weighted by molar-refractivity contribution is 9.10. The molecule has 1 aliphatic rings. The highest BCUT2D eigenvalue weighted by Gasteiger charge is 2.63. The molecule has 1 aromatic rings. The minimum atomic E-state index is -4.25. The second kappa shape index (κ2) is 4.83. The number of halogens is 4. The van der Waals surface area contributed by atoms with Crippen molar-refractivity contribution in [2.24, 2.45) is 0 Å². The van der Waals surface area contributed by atoms with Gasteiger partial charge in [0.15, 0.2) is 0 Å². The Labute approximate surface area is 111 Å². The molecule has 1 aromatic carbocycles. The molecule has 0 aliphatic heterocycles. The largest absolute Gasteiger partial charge is 0.406 e. The van der Waals surface area contributed by atoms with Gasteiger partial charge in [-0.3, -0.25) is 0 Å². The van der Waals surface area contributed by atoms with Gasteiger partial charge >= 0.3 is 6.18 Å². The molecule has 0 bridgehead atoms. The lowest BCUT2D eigenvalue weighted by molar-refractivity contribution is -0.166. The van der Waals surface area contributed by atoms with Crippen LogP contribution >= 0.6 is 15.9 Å². The number of alkyl halides is 3. The average molecular weight is 324 g/mol. The van der Waals surface area contributed by atoms with Crippen LogP contribution in [0.3, 0.4) is 0 Å². The number of β-amino-alcohol motifs (C(OH)–C–C–N with tert-alkyl or cyclic N) is 1. The number of benzene rings is 1. The molecule has 1 atom stereocenters. The van der Waals surface area contributed by atoms with Gasteiger partial charge in [-0.2, -0.15) is 13.2 Å². The molecular formula is C12H13BrF3NO. The van der Waals surface area contributed by atoms with Gasteiger partial charge in [0.25, 0.3) is 0 Å². The number of rotatable bonds is 4. The molecule has 0 spiro atoms. The quantitative estimate of drug-likeness (QED) is 0.892. The molecule has 1 fully saturated rings. The first-order chi connectivity index (χ1) is 8.34. The monoisotopic (exact) mass is 323 g/mol. The third kappa shape index (κ3) is 2.87. The van der Waals surface area contributed by atoms with Gasteiger partial charge in [0.1, 0.15) is 5.54 Å². The van der Waals surface area contributed by atoms with Crippen molar-refractivity contribution in [2.45, 2.75) is 30.7 Å². The molecule has 0 radical (unpaired) electrons. The highest BCUT2D eigenvalue weighted by atomic mass is 79.9. The Hall–Kier alpha value is -0.590. The average Bonchev–Trinajstić information content (AvgIpc) is 3.06. The van der Waals surface area contributed by atoms with E-state index in [1.807, 2.05) is 0 Å². The van der Waals surface area contributed by atoms with Crippen LogP contribution in [0.5, 0.6) is 0 Å². The minimum Gasteiger partial charge on any atom is -0.387 e. The number of nitrogens with one attached hydrogen (secondary N) is 1. The molecule has 0 saturated heterocycles. The Morgan fingerprint density at radius 1 is 1.39 bits per heavy atom. The van der Waals surface area contributed by atoms with Crippen molar-refractivity contribution >= 4 is 15.9 Å². The van der Waals surface area contributed by atoms with Crippen LogP contribution in [0, 0.1) is 0 Å². The summed E-state index contributed by atoms with van der Waals surface area (Å²) in [5, 5.41) is 12.3. The number of aliphatic hydroxyl groups excluding tert-OH is 1. The maximum Gasteiger partial charge on any atom is 0.406 e. The van der Waals surface area contributed by atoms with Gasteiger partial charge in [0.2, 0.25) is 0 Å². The van der Waals surface area contributed by atoms with E-state index in [0.717, 1.165) is 4.47 Å². The second-order valence-electron chi connectivity index (χ2n) is 4.53. The standard InChI is InChI=1S/C12H13BrF3NO/c13-9-3-1-2-8(6-9)10(18)7-17-11(4-5-11)12(14,15)16/h1-3,6,10,17-18H,4-5,7H2. The zero-order valence-corrected chi connectivity index (χ0v) is 11.1. The third-order valence-electron chi connectivity index (χ3n) is 3.16. The van der Waals surface area contributed by atoms with Crippen molar-refractivity contribution in [1.82, 2.24) is 5.32 Å². The molecule has 1 unspecified atom stereocenters. The summed E-state index contributed by atoms with van der Waals surface area (Å²) in [6, 6.07) is 6.91. The van der Waals surface area contributed by atoms with Crippen molar-refractivity contribution in [1.29, 1.82) is 0 Å². The van der Waals surface area contributed by atoms with Crippen molar-refractivity contribution in [3.05, 3.63) is 34.3 Å². The molecular weight excluding hydrogens is 311 g/mol.